The maximum absolute atomic E-state index is 7.01. The molecule has 0 bridgehead atoms. The van der Waals surface area contributed by atoms with Gasteiger partial charge in [-0.2, -0.15) is 0 Å². The number of rotatable bonds is 2. The summed E-state index contributed by atoms with van der Waals surface area (Å²) >= 11 is 0. The van der Waals surface area contributed by atoms with E-state index in [0.717, 1.165) is 5.75 Å². The van der Waals surface area contributed by atoms with Crippen molar-refractivity contribution in [3.8, 4) is 28.0 Å². The van der Waals surface area contributed by atoms with Crippen molar-refractivity contribution in [1.29, 1.82) is 0 Å². The third-order valence-corrected chi connectivity index (χ3v) is 9.37. The zero-order valence-corrected chi connectivity index (χ0v) is 23.3. The minimum atomic E-state index is -0.403. The summed E-state index contributed by atoms with van der Waals surface area (Å²) in [5.74, 6) is 1.18. The van der Waals surface area contributed by atoms with Crippen LogP contribution in [0.25, 0.3) is 65.3 Å². The van der Waals surface area contributed by atoms with Crippen LogP contribution in [-0.2, 0) is 0 Å². The van der Waals surface area contributed by atoms with E-state index in [1.807, 2.05) is 0 Å². The highest BCUT2D eigenvalue weighted by molar-refractivity contribution is 6.24. The molecule has 7 aromatic rings. The molecule has 1 nitrogen and oxygen atoms in total. The van der Waals surface area contributed by atoms with Crippen LogP contribution in [0, 0.1) is 0 Å². The first kappa shape index (κ1) is 23.6. The Morgan fingerprint density at radius 2 is 1.12 bits per heavy atom. The summed E-state index contributed by atoms with van der Waals surface area (Å²) in [5, 5.41) is 9.97. The molecule has 0 fully saturated rings. The van der Waals surface area contributed by atoms with Gasteiger partial charge in [0.05, 0.1) is 0 Å². The maximum Gasteiger partial charge on any atom is 0.135 e. The Balaban J connectivity index is 1.44. The van der Waals surface area contributed by atoms with Crippen molar-refractivity contribution < 1.29 is 4.74 Å². The standard InChI is InChI=1S/C41H28O/c1-41-23-11-10-20-36(41)35-25-28-14-4-5-15-30(28)39(40(35)42-41)38-33-18-8-6-16-31(33)37(32-17-7-9-19-34(32)38)29-22-21-26-12-2-3-13-27(26)24-29/h2-25,36H,1H3/t36?,41-/m0/s1. The van der Waals surface area contributed by atoms with Crippen LogP contribution in [0.15, 0.2) is 146 Å². The number of fused-ring (bicyclic) bond motifs is 7. The van der Waals surface area contributed by atoms with Gasteiger partial charge in [-0.05, 0) is 79.3 Å². The van der Waals surface area contributed by atoms with E-state index >= 15 is 0 Å². The van der Waals surface area contributed by atoms with Crippen LogP contribution in [0.4, 0.5) is 0 Å². The molecule has 0 saturated carbocycles. The van der Waals surface area contributed by atoms with E-state index in [9.17, 15) is 0 Å². The molecule has 1 aliphatic carbocycles. The van der Waals surface area contributed by atoms with Gasteiger partial charge in [-0.3, -0.25) is 0 Å². The van der Waals surface area contributed by atoms with Crippen molar-refractivity contribution >= 4 is 43.1 Å². The van der Waals surface area contributed by atoms with Crippen LogP contribution in [-0.4, -0.2) is 5.60 Å². The van der Waals surface area contributed by atoms with Crippen LogP contribution >= 0.6 is 0 Å². The van der Waals surface area contributed by atoms with Crippen molar-refractivity contribution in [3.05, 3.63) is 151 Å². The lowest BCUT2D eigenvalue weighted by molar-refractivity contribution is 0.156. The second-order valence-electron chi connectivity index (χ2n) is 11.8. The van der Waals surface area contributed by atoms with Gasteiger partial charge in [0.15, 0.2) is 0 Å². The van der Waals surface area contributed by atoms with Gasteiger partial charge < -0.3 is 4.74 Å². The Hall–Kier alpha value is -5.14. The van der Waals surface area contributed by atoms with Crippen LogP contribution in [0.1, 0.15) is 18.4 Å². The Kier molecular flexibility index (Phi) is 4.87. The predicted molar refractivity (Wildman–Crippen MR) is 177 cm³/mol. The molecule has 0 spiro atoms. The topological polar surface area (TPSA) is 9.23 Å². The smallest absolute Gasteiger partial charge is 0.135 e. The van der Waals surface area contributed by atoms with Crippen molar-refractivity contribution in [2.45, 2.75) is 18.4 Å². The summed E-state index contributed by atoms with van der Waals surface area (Å²) in [6.07, 6.45) is 8.78. The van der Waals surface area contributed by atoms with Gasteiger partial charge in [-0.25, -0.2) is 0 Å². The summed E-state index contributed by atoms with van der Waals surface area (Å²) in [6, 6.07) is 44.4. The van der Waals surface area contributed by atoms with Crippen molar-refractivity contribution in [1.82, 2.24) is 0 Å². The molecule has 1 aliphatic heterocycles. The van der Waals surface area contributed by atoms with Gasteiger partial charge in [-0.15, -0.1) is 0 Å². The highest BCUT2D eigenvalue weighted by atomic mass is 16.5. The molecule has 0 saturated heterocycles. The second kappa shape index (κ2) is 8.68. The van der Waals surface area contributed by atoms with Crippen molar-refractivity contribution in [2.75, 3.05) is 0 Å². The van der Waals surface area contributed by atoms with Crippen molar-refractivity contribution in [2.24, 2.45) is 0 Å². The highest BCUT2D eigenvalue weighted by Gasteiger charge is 2.44. The largest absolute Gasteiger partial charge is 0.482 e. The quantitative estimate of drug-likeness (QED) is 0.200. The minimum Gasteiger partial charge on any atom is -0.482 e. The van der Waals surface area contributed by atoms with Crippen molar-refractivity contribution in [3.63, 3.8) is 0 Å². The Labute approximate surface area is 245 Å². The molecular formula is C41H28O. The Bertz CT molecular complexity index is 2250. The summed E-state index contributed by atoms with van der Waals surface area (Å²) in [7, 11) is 0. The first-order valence-electron chi connectivity index (χ1n) is 14.7. The van der Waals surface area contributed by atoms with Gasteiger partial charge in [0, 0.05) is 22.6 Å². The lowest BCUT2D eigenvalue weighted by Crippen LogP contribution is -2.32. The van der Waals surface area contributed by atoms with E-state index in [1.54, 1.807) is 0 Å². The lowest BCUT2D eigenvalue weighted by Gasteiger charge is -2.27. The van der Waals surface area contributed by atoms with Gasteiger partial charge >= 0.3 is 0 Å². The van der Waals surface area contributed by atoms with E-state index in [4.69, 9.17) is 4.74 Å². The van der Waals surface area contributed by atoms with E-state index in [-0.39, 0.29) is 5.92 Å². The summed E-state index contributed by atoms with van der Waals surface area (Å²) in [5.41, 5.74) is 5.81. The molecule has 2 aliphatic rings. The fourth-order valence-corrected chi connectivity index (χ4v) is 7.44. The zero-order chi connectivity index (χ0) is 27.8. The molecule has 7 aromatic carbocycles. The molecule has 0 N–H and O–H groups in total. The van der Waals surface area contributed by atoms with Gasteiger partial charge in [-0.1, -0.05) is 127 Å². The van der Waals surface area contributed by atoms with Gasteiger partial charge in [0.25, 0.3) is 0 Å². The fraction of sp³-hybridized carbons (Fsp3) is 0.0732. The molecule has 42 heavy (non-hydrogen) atoms. The molecule has 9 rings (SSSR count). The number of benzene rings is 7. The Morgan fingerprint density at radius 3 is 1.83 bits per heavy atom. The van der Waals surface area contributed by atoms with Crippen LogP contribution in [0.3, 0.4) is 0 Å². The van der Waals surface area contributed by atoms with Crippen LogP contribution in [0.2, 0.25) is 0 Å². The highest BCUT2D eigenvalue weighted by Crippen LogP contribution is 2.56. The summed E-state index contributed by atoms with van der Waals surface area (Å²) in [4.78, 5) is 0. The van der Waals surface area contributed by atoms with Crippen LogP contribution < -0.4 is 4.74 Å². The molecule has 2 atom stereocenters. The van der Waals surface area contributed by atoms with Gasteiger partial charge in [0.1, 0.15) is 11.4 Å². The van der Waals surface area contributed by atoms with E-state index < -0.39 is 5.60 Å². The normalized spacial score (nSPS) is 18.9. The summed E-state index contributed by atoms with van der Waals surface area (Å²) < 4.78 is 7.01. The molecule has 1 heteroatoms. The molecule has 0 amide bonds. The second-order valence-corrected chi connectivity index (χ2v) is 11.8. The molecule has 198 valence electrons. The SMILES string of the molecule is C[C@]12C=CC=CC1c1cc3ccccc3c(-c3c4ccccc4c(-c4ccc5ccccc5c4)c4ccccc34)c1O2. The first-order valence-corrected chi connectivity index (χ1v) is 14.7. The predicted octanol–water partition coefficient (Wildman–Crippen LogP) is 11.0. The minimum absolute atomic E-state index is 0.176. The third-order valence-electron chi connectivity index (χ3n) is 9.37. The average molecular weight is 537 g/mol. The molecule has 1 unspecified atom stereocenters. The maximum atomic E-state index is 7.01. The Morgan fingerprint density at radius 1 is 0.524 bits per heavy atom. The monoisotopic (exact) mass is 536 g/mol. The molecule has 0 radical (unpaired) electrons. The number of hydrogen-bond donors (Lipinski definition) is 0. The zero-order valence-electron chi connectivity index (χ0n) is 23.3. The van der Waals surface area contributed by atoms with E-state index in [0.29, 0.717) is 0 Å². The third kappa shape index (κ3) is 3.25. The molecule has 0 aromatic heterocycles. The number of ether oxygens (including phenoxy) is 1. The van der Waals surface area contributed by atoms with E-state index in [1.165, 1.54) is 70.9 Å². The summed E-state index contributed by atoms with van der Waals surface area (Å²) in [6.45, 7) is 2.21. The fourth-order valence-electron chi connectivity index (χ4n) is 7.44. The molecule has 1 heterocycles. The van der Waals surface area contributed by atoms with Gasteiger partial charge in [0.2, 0.25) is 0 Å². The lowest BCUT2D eigenvalue weighted by atomic mass is 9.80. The van der Waals surface area contributed by atoms with E-state index in [2.05, 4.69) is 153 Å². The first-order chi connectivity index (χ1) is 20.7. The molecular weight excluding hydrogens is 508 g/mol. The average Bonchev–Trinajstić information content (AvgIpc) is 3.34. The van der Waals surface area contributed by atoms with Crippen LogP contribution in [0.5, 0.6) is 5.75 Å². The number of hydrogen-bond acceptors (Lipinski definition) is 1. The number of allylic oxidation sites excluding steroid dienone is 2.